The molecule has 0 saturated heterocycles. The highest BCUT2D eigenvalue weighted by Crippen LogP contribution is 2.34. The van der Waals surface area contributed by atoms with Gasteiger partial charge in [0.25, 0.3) is 0 Å². The van der Waals surface area contributed by atoms with Crippen LogP contribution in [0.5, 0.6) is 0 Å². The largest absolute Gasteiger partial charge is 0.390 e. The van der Waals surface area contributed by atoms with Crippen LogP contribution >= 0.6 is 0 Å². The third-order valence-corrected chi connectivity index (χ3v) is 3.65. The molecule has 2 nitrogen and oxygen atoms in total. The van der Waals surface area contributed by atoms with Crippen LogP contribution in [0.3, 0.4) is 0 Å². The molecular weight excluding hydrogens is 164 g/mol. The first-order valence-electron chi connectivity index (χ1n) is 5.35. The van der Waals surface area contributed by atoms with Crippen molar-refractivity contribution >= 4 is 0 Å². The highest BCUT2D eigenvalue weighted by atomic mass is 16.5. The summed E-state index contributed by atoms with van der Waals surface area (Å²) in [5, 5.41) is 9.98. The van der Waals surface area contributed by atoms with Gasteiger partial charge in [-0.3, -0.25) is 0 Å². The minimum absolute atomic E-state index is 0.298. The minimum atomic E-state index is -0.338. The molecule has 1 rings (SSSR count). The number of hydrogen-bond donors (Lipinski definition) is 1. The van der Waals surface area contributed by atoms with Gasteiger partial charge < -0.3 is 9.84 Å². The van der Waals surface area contributed by atoms with Gasteiger partial charge in [-0.2, -0.15) is 0 Å². The van der Waals surface area contributed by atoms with Crippen LogP contribution in [0.2, 0.25) is 0 Å². The first-order valence-corrected chi connectivity index (χ1v) is 5.35. The summed E-state index contributed by atoms with van der Waals surface area (Å²) in [6.45, 7) is 4.06. The molecule has 0 heterocycles. The van der Waals surface area contributed by atoms with Crippen molar-refractivity contribution in [2.24, 2.45) is 5.92 Å². The molecule has 1 saturated carbocycles. The van der Waals surface area contributed by atoms with Crippen LogP contribution in [-0.4, -0.2) is 23.9 Å². The molecule has 2 atom stereocenters. The normalized spacial score (nSPS) is 24.9. The Kier molecular flexibility index (Phi) is 3.74. The Balaban J connectivity index is 2.38. The lowest BCUT2D eigenvalue weighted by molar-refractivity contribution is -0.103. The molecule has 0 aliphatic heterocycles. The van der Waals surface area contributed by atoms with Crippen molar-refractivity contribution in [1.82, 2.24) is 0 Å². The van der Waals surface area contributed by atoms with Crippen molar-refractivity contribution in [1.29, 1.82) is 0 Å². The highest BCUT2D eigenvalue weighted by Gasteiger charge is 2.34. The Bertz CT molecular complexity index is 148. The van der Waals surface area contributed by atoms with E-state index in [1.165, 1.54) is 19.3 Å². The molecular formula is C11H22O2. The van der Waals surface area contributed by atoms with Gasteiger partial charge in [-0.15, -0.1) is 0 Å². The molecule has 13 heavy (non-hydrogen) atoms. The molecule has 0 radical (unpaired) electrons. The van der Waals surface area contributed by atoms with Gasteiger partial charge in [-0.25, -0.2) is 0 Å². The van der Waals surface area contributed by atoms with E-state index in [-0.39, 0.29) is 11.7 Å². The number of methoxy groups -OCH3 is 1. The van der Waals surface area contributed by atoms with Crippen LogP contribution < -0.4 is 0 Å². The lowest BCUT2D eigenvalue weighted by Gasteiger charge is -2.36. The molecule has 0 spiro atoms. The van der Waals surface area contributed by atoms with Gasteiger partial charge in [-0.05, 0) is 25.7 Å². The van der Waals surface area contributed by atoms with Crippen LogP contribution in [-0.2, 0) is 4.74 Å². The molecule has 2 unspecified atom stereocenters. The fraction of sp³-hybridized carbons (Fsp3) is 1.00. The summed E-state index contributed by atoms with van der Waals surface area (Å²) in [5.41, 5.74) is -0.338. The van der Waals surface area contributed by atoms with Crippen molar-refractivity contribution in [3.8, 4) is 0 Å². The van der Waals surface area contributed by atoms with Gasteiger partial charge in [0, 0.05) is 7.11 Å². The summed E-state index contributed by atoms with van der Waals surface area (Å²) in [7, 11) is 1.69. The topological polar surface area (TPSA) is 29.5 Å². The molecule has 78 valence electrons. The fourth-order valence-electron chi connectivity index (χ4n) is 1.81. The molecule has 0 aromatic carbocycles. The number of aliphatic hydroxyl groups excluding tert-OH is 1. The second-order valence-electron chi connectivity index (χ2n) is 4.42. The molecule has 1 N–H and O–H groups in total. The van der Waals surface area contributed by atoms with Crippen molar-refractivity contribution in [2.45, 2.75) is 57.7 Å². The third kappa shape index (κ3) is 2.44. The summed E-state index contributed by atoms with van der Waals surface area (Å²) in [6, 6.07) is 0. The van der Waals surface area contributed by atoms with Crippen molar-refractivity contribution in [3.63, 3.8) is 0 Å². The number of rotatable bonds is 5. The predicted molar refractivity (Wildman–Crippen MR) is 53.7 cm³/mol. The Morgan fingerprint density at radius 2 is 2.15 bits per heavy atom. The average molecular weight is 186 g/mol. The van der Waals surface area contributed by atoms with Crippen LogP contribution in [0, 0.1) is 5.92 Å². The van der Waals surface area contributed by atoms with E-state index in [0.717, 1.165) is 18.8 Å². The van der Waals surface area contributed by atoms with Crippen molar-refractivity contribution < 1.29 is 9.84 Å². The van der Waals surface area contributed by atoms with Gasteiger partial charge in [-0.1, -0.05) is 26.2 Å². The molecule has 1 aliphatic rings. The Labute approximate surface area is 81.3 Å². The summed E-state index contributed by atoms with van der Waals surface area (Å²) in [5.74, 6) is 0.746. The van der Waals surface area contributed by atoms with Crippen molar-refractivity contribution in [2.75, 3.05) is 7.11 Å². The van der Waals surface area contributed by atoms with Gasteiger partial charge in [0.05, 0.1) is 11.7 Å². The zero-order valence-corrected chi connectivity index (χ0v) is 9.05. The minimum Gasteiger partial charge on any atom is -0.390 e. The standard InChI is InChI=1S/C11H22O2/c1-4-11(2,13-3)10(12)8-9-6-5-7-9/h9-10,12H,4-8H2,1-3H3. The van der Waals surface area contributed by atoms with E-state index in [1.54, 1.807) is 7.11 Å². The summed E-state index contributed by atoms with van der Waals surface area (Å²) in [6.07, 6.45) is 5.41. The monoisotopic (exact) mass is 186 g/mol. The quantitative estimate of drug-likeness (QED) is 0.714. The summed E-state index contributed by atoms with van der Waals surface area (Å²) in [4.78, 5) is 0. The second-order valence-corrected chi connectivity index (χ2v) is 4.42. The Hall–Kier alpha value is -0.0800. The van der Waals surface area contributed by atoms with Crippen LogP contribution in [0.15, 0.2) is 0 Å². The molecule has 0 aromatic heterocycles. The van der Waals surface area contributed by atoms with Gasteiger partial charge in [0.15, 0.2) is 0 Å². The fourth-order valence-corrected chi connectivity index (χ4v) is 1.81. The molecule has 2 heteroatoms. The lowest BCUT2D eigenvalue weighted by atomic mass is 9.78. The zero-order chi connectivity index (χ0) is 9.90. The molecule has 1 fully saturated rings. The predicted octanol–water partition coefficient (Wildman–Crippen LogP) is 2.35. The number of aliphatic hydroxyl groups is 1. The highest BCUT2D eigenvalue weighted by molar-refractivity contribution is 4.85. The number of hydrogen-bond acceptors (Lipinski definition) is 2. The van der Waals surface area contributed by atoms with E-state index in [9.17, 15) is 5.11 Å². The van der Waals surface area contributed by atoms with E-state index in [0.29, 0.717) is 0 Å². The molecule has 0 bridgehead atoms. The van der Waals surface area contributed by atoms with Gasteiger partial charge in [0.1, 0.15) is 0 Å². The van der Waals surface area contributed by atoms with Crippen LogP contribution in [0.25, 0.3) is 0 Å². The van der Waals surface area contributed by atoms with Crippen molar-refractivity contribution in [3.05, 3.63) is 0 Å². The first kappa shape index (κ1) is 11.0. The SMILES string of the molecule is CCC(C)(OC)C(O)CC1CCC1. The zero-order valence-electron chi connectivity index (χ0n) is 9.05. The maximum Gasteiger partial charge on any atom is 0.0905 e. The van der Waals surface area contributed by atoms with E-state index >= 15 is 0 Å². The third-order valence-electron chi connectivity index (χ3n) is 3.65. The average Bonchev–Trinajstić information content (AvgIpc) is 2.09. The number of ether oxygens (including phenoxy) is 1. The Morgan fingerprint density at radius 3 is 2.46 bits per heavy atom. The van der Waals surface area contributed by atoms with Crippen LogP contribution in [0.4, 0.5) is 0 Å². The molecule has 1 aliphatic carbocycles. The maximum absolute atomic E-state index is 9.98. The summed E-state index contributed by atoms with van der Waals surface area (Å²) >= 11 is 0. The summed E-state index contributed by atoms with van der Waals surface area (Å²) < 4.78 is 5.37. The second kappa shape index (κ2) is 4.43. The first-order chi connectivity index (χ1) is 6.12. The Morgan fingerprint density at radius 1 is 1.54 bits per heavy atom. The molecule has 0 amide bonds. The molecule has 0 aromatic rings. The smallest absolute Gasteiger partial charge is 0.0905 e. The van der Waals surface area contributed by atoms with E-state index < -0.39 is 0 Å². The van der Waals surface area contributed by atoms with E-state index in [4.69, 9.17) is 4.74 Å². The van der Waals surface area contributed by atoms with Gasteiger partial charge >= 0.3 is 0 Å². The van der Waals surface area contributed by atoms with Gasteiger partial charge in [0.2, 0.25) is 0 Å². The van der Waals surface area contributed by atoms with E-state index in [1.807, 2.05) is 6.92 Å². The maximum atomic E-state index is 9.98. The lowest BCUT2D eigenvalue weighted by Crippen LogP contribution is -2.42. The van der Waals surface area contributed by atoms with E-state index in [2.05, 4.69) is 6.92 Å². The van der Waals surface area contributed by atoms with Crippen LogP contribution in [0.1, 0.15) is 46.0 Å².